The highest BCUT2D eigenvalue weighted by Gasteiger charge is 2.38. The third-order valence-corrected chi connectivity index (χ3v) is 5.04. The largest absolute Gasteiger partial charge is 0.497 e. The van der Waals surface area contributed by atoms with Crippen LogP contribution in [0.2, 0.25) is 0 Å². The van der Waals surface area contributed by atoms with Crippen LogP contribution in [0, 0.1) is 11.3 Å². The number of rotatable bonds is 4. The third-order valence-electron chi connectivity index (χ3n) is 5.04. The Labute approximate surface area is 144 Å². The predicted octanol–water partition coefficient (Wildman–Crippen LogP) is 2.94. The molecule has 1 aliphatic rings. The lowest BCUT2D eigenvalue weighted by molar-refractivity contribution is -0.138. The molecule has 0 saturated carbocycles. The molecule has 1 saturated heterocycles. The first-order valence-corrected chi connectivity index (χ1v) is 8.36. The summed E-state index contributed by atoms with van der Waals surface area (Å²) in [5.41, 5.74) is 0.811. The van der Waals surface area contributed by atoms with E-state index >= 15 is 0 Å². The maximum Gasteiger partial charge on any atom is 0.228 e. The molecular weight excluding hydrogens is 304 g/mol. The Morgan fingerprint density at radius 2 is 1.88 bits per heavy atom. The summed E-state index contributed by atoms with van der Waals surface area (Å²) in [5, 5.41) is 0. The number of carbonyl (C=O) groups excluding carboxylic acids is 2. The molecule has 1 aromatic rings. The molecule has 1 aliphatic heterocycles. The molecule has 2 unspecified atom stereocenters. The number of carbonyl (C=O) groups is 2. The van der Waals surface area contributed by atoms with Crippen molar-refractivity contribution in [3.63, 3.8) is 0 Å². The van der Waals surface area contributed by atoms with Gasteiger partial charge in [0, 0.05) is 31.7 Å². The fourth-order valence-corrected chi connectivity index (χ4v) is 2.94. The Morgan fingerprint density at radius 3 is 2.38 bits per heavy atom. The molecule has 0 radical (unpaired) electrons. The van der Waals surface area contributed by atoms with Crippen LogP contribution in [0.25, 0.3) is 0 Å². The molecule has 1 aromatic carbocycles. The average Bonchev–Trinajstić information content (AvgIpc) is 2.93. The van der Waals surface area contributed by atoms with Gasteiger partial charge in [0.2, 0.25) is 11.8 Å². The van der Waals surface area contributed by atoms with E-state index in [1.807, 2.05) is 31.3 Å². The molecule has 2 amide bonds. The number of anilines is 1. The lowest BCUT2D eigenvalue weighted by Crippen LogP contribution is -2.46. The zero-order valence-electron chi connectivity index (χ0n) is 15.5. The highest BCUT2D eigenvalue weighted by molar-refractivity contribution is 6.00. The number of amides is 2. The van der Waals surface area contributed by atoms with Gasteiger partial charge in [0.25, 0.3) is 0 Å². The van der Waals surface area contributed by atoms with E-state index in [1.165, 1.54) is 0 Å². The smallest absolute Gasteiger partial charge is 0.228 e. The second kappa shape index (κ2) is 6.83. The molecule has 0 aliphatic carbocycles. The molecule has 5 heteroatoms. The van der Waals surface area contributed by atoms with Gasteiger partial charge in [-0.3, -0.25) is 9.59 Å². The maximum absolute atomic E-state index is 12.8. The minimum Gasteiger partial charge on any atom is -0.497 e. The maximum atomic E-state index is 12.8. The predicted molar refractivity (Wildman–Crippen MR) is 95.1 cm³/mol. The van der Waals surface area contributed by atoms with E-state index in [0.29, 0.717) is 6.54 Å². The lowest BCUT2D eigenvalue weighted by Gasteiger charge is -2.36. The molecule has 1 fully saturated rings. The van der Waals surface area contributed by atoms with Gasteiger partial charge in [-0.1, -0.05) is 20.8 Å². The Bertz CT molecular complexity index is 604. The minimum atomic E-state index is -0.283. The van der Waals surface area contributed by atoms with Gasteiger partial charge < -0.3 is 14.5 Å². The fraction of sp³-hybridized carbons (Fsp3) is 0.579. The van der Waals surface area contributed by atoms with Crippen LogP contribution >= 0.6 is 0 Å². The Kier molecular flexibility index (Phi) is 5.21. The van der Waals surface area contributed by atoms with Crippen molar-refractivity contribution < 1.29 is 14.3 Å². The van der Waals surface area contributed by atoms with Gasteiger partial charge in [0.05, 0.1) is 13.0 Å². The Morgan fingerprint density at radius 1 is 1.29 bits per heavy atom. The van der Waals surface area contributed by atoms with Crippen molar-refractivity contribution in [1.82, 2.24) is 4.90 Å². The molecule has 132 valence electrons. The first-order valence-electron chi connectivity index (χ1n) is 8.36. The van der Waals surface area contributed by atoms with Crippen LogP contribution in [-0.4, -0.2) is 43.5 Å². The molecule has 0 aromatic heterocycles. The quantitative estimate of drug-likeness (QED) is 0.852. The summed E-state index contributed by atoms with van der Waals surface area (Å²) in [5.74, 6) is 0.503. The van der Waals surface area contributed by atoms with Crippen molar-refractivity contribution in [2.75, 3.05) is 25.6 Å². The van der Waals surface area contributed by atoms with Crippen LogP contribution in [0.1, 0.15) is 34.1 Å². The van der Waals surface area contributed by atoms with Crippen molar-refractivity contribution in [3.05, 3.63) is 24.3 Å². The van der Waals surface area contributed by atoms with Crippen LogP contribution in [0.4, 0.5) is 5.69 Å². The van der Waals surface area contributed by atoms with Crippen LogP contribution < -0.4 is 9.64 Å². The second-order valence-electron chi connectivity index (χ2n) is 7.59. The van der Waals surface area contributed by atoms with Crippen molar-refractivity contribution in [3.8, 4) is 5.75 Å². The second-order valence-corrected chi connectivity index (χ2v) is 7.59. The van der Waals surface area contributed by atoms with E-state index in [-0.39, 0.29) is 35.6 Å². The van der Waals surface area contributed by atoms with Gasteiger partial charge in [0.15, 0.2) is 0 Å². The summed E-state index contributed by atoms with van der Waals surface area (Å²) in [7, 11) is 3.44. The SMILES string of the molecule is COc1ccc(N2CC(C(=O)N(C)C(C)C(C)(C)C)CC2=O)cc1. The monoisotopic (exact) mass is 332 g/mol. The molecule has 0 spiro atoms. The van der Waals surface area contributed by atoms with Crippen molar-refractivity contribution in [1.29, 1.82) is 0 Å². The van der Waals surface area contributed by atoms with Crippen molar-refractivity contribution >= 4 is 17.5 Å². The number of methoxy groups -OCH3 is 1. The van der Waals surface area contributed by atoms with Crippen LogP contribution in [0.15, 0.2) is 24.3 Å². The lowest BCUT2D eigenvalue weighted by atomic mass is 9.86. The number of hydrogen-bond acceptors (Lipinski definition) is 3. The first-order chi connectivity index (χ1) is 11.1. The van der Waals surface area contributed by atoms with E-state index < -0.39 is 0 Å². The summed E-state index contributed by atoms with van der Waals surface area (Å²) in [6, 6.07) is 7.46. The van der Waals surface area contributed by atoms with E-state index in [0.717, 1.165) is 11.4 Å². The molecule has 0 bridgehead atoms. The summed E-state index contributed by atoms with van der Waals surface area (Å²) in [6.45, 7) is 8.84. The van der Waals surface area contributed by atoms with E-state index in [1.54, 1.807) is 16.9 Å². The fourth-order valence-electron chi connectivity index (χ4n) is 2.94. The molecule has 0 N–H and O–H groups in total. The highest BCUT2D eigenvalue weighted by Crippen LogP contribution is 2.30. The minimum absolute atomic E-state index is 0.00267. The molecule has 24 heavy (non-hydrogen) atoms. The summed E-state index contributed by atoms with van der Waals surface area (Å²) >= 11 is 0. The van der Waals surface area contributed by atoms with Crippen LogP contribution in [0.5, 0.6) is 5.75 Å². The molecule has 2 atom stereocenters. The summed E-state index contributed by atoms with van der Waals surface area (Å²) in [6.07, 6.45) is 0.270. The molecule has 2 rings (SSSR count). The van der Waals surface area contributed by atoms with Crippen molar-refractivity contribution in [2.45, 2.75) is 40.2 Å². The topological polar surface area (TPSA) is 49.9 Å². The summed E-state index contributed by atoms with van der Waals surface area (Å²) in [4.78, 5) is 28.6. The number of benzene rings is 1. The number of hydrogen-bond donors (Lipinski definition) is 0. The van der Waals surface area contributed by atoms with Crippen molar-refractivity contribution in [2.24, 2.45) is 11.3 Å². The average molecular weight is 332 g/mol. The van der Waals surface area contributed by atoms with Crippen LogP contribution in [0.3, 0.4) is 0 Å². The zero-order chi connectivity index (χ0) is 18.1. The Hall–Kier alpha value is -2.04. The van der Waals surface area contributed by atoms with E-state index in [2.05, 4.69) is 27.7 Å². The van der Waals surface area contributed by atoms with E-state index in [9.17, 15) is 9.59 Å². The summed E-state index contributed by atoms with van der Waals surface area (Å²) < 4.78 is 5.14. The normalized spacial score (nSPS) is 19.3. The number of nitrogens with zero attached hydrogens (tertiary/aromatic N) is 2. The molecule has 1 heterocycles. The van der Waals surface area contributed by atoms with Gasteiger partial charge in [-0.15, -0.1) is 0 Å². The van der Waals surface area contributed by atoms with E-state index in [4.69, 9.17) is 4.74 Å². The molecule has 5 nitrogen and oxygen atoms in total. The van der Waals surface area contributed by atoms with Gasteiger partial charge >= 0.3 is 0 Å². The number of ether oxygens (including phenoxy) is 1. The first kappa shape index (κ1) is 18.3. The highest BCUT2D eigenvalue weighted by atomic mass is 16.5. The standard InChI is InChI=1S/C19H28N2O3/c1-13(19(2,3)4)20(5)18(23)14-11-17(22)21(12-14)15-7-9-16(24-6)10-8-15/h7-10,13-14H,11-12H2,1-6H3. The Balaban J connectivity index is 2.09. The van der Waals surface area contributed by atoms with Gasteiger partial charge in [-0.05, 0) is 36.6 Å². The van der Waals surface area contributed by atoms with Gasteiger partial charge in [-0.25, -0.2) is 0 Å². The van der Waals surface area contributed by atoms with Gasteiger partial charge in [-0.2, -0.15) is 0 Å². The molecular formula is C19H28N2O3. The van der Waals surface area contributed by atoms with Gasteiger partial charge in [0.1, 0.15) is 5.75 Å². The van der Waals surface area contributed by atoms with Crippen LogP contribution in [-0.2, 0) is 9.59 Å². The zero-order valence-corrected chi connectivity index (χ0v) is 15.5. The third kappa shape index (κ3) is 3.71.